The molecule has 1 fully saturated rings. The van der Waals surface area contributed by atoms with Gasteiger partial charge in [-0.3, -0.25) is 4.79 Å². The van der Waals surface area contributed by atoms with Gasteiger partial charge in [-0.15, -0.1) is 0 Å². The van der Waals surface area contributed by atoms with Gasteiger partial charge in [0.25, 0.3) is 0 Å². The molecule has 2 aromatic rings. The number of likely N-dealkylation sites (N-methyl/N-ethyl adjacent to an activating group) is 1. The molecule has 2 aromatic carbocycles. The van der Waals surface area contributed by atoms with Gasteiger partial charge in [0.1, 0.15) is 0 Å². The molecule has 0 aromatic heterocycles. The van der Waals surface area contributed by atoms with E-state index in [1.165, 1.54) is 0 Å². The summed E-state index contributed by atoms with van der Waals surface area (Å²) >= 11 is 0. The predicted molar refractivity (Wildman–Crippen MR) is 84.7 cm³/mol. The van der Waals surface area contributed by atoms with Crippen LogP contribution in [-0.4, -0.2) is 17.9 Å². The lowest BCUT2D eigenvalue weighted by molar-refractivity contribution is -0.133. The number of nitrogens with two attached hydrogens (primary N) is 1. The first kappa shape index (κ1) is 13.7. The van der Waals surface area contributed by atoms with Gasteiger partial charge in [0, 0.05) is 19.3 Å². The molecule has 1 aliphatic carbocycles. The molecule has 0 atom stereocenters. The van der Waals surface area contributed by atoms with Crippen LogP contribution in [0.5, 0.6) is 0 Å². The van der Waals surface area contributed by atoms with Crippen LogP contribution in [0.4, 0.5) is 5.69 Å². The molecule has 108 valence electrons. The third-order valence-electron chi connectivity index (χ3n) is 4.30. The Bertz CT molecular complexity index is 647. The Balaban J connectivity index is 1.78. The summed E-state index contributed by atoms with van der Waals surface area (Å²) in [6, 6.07) is 17.8. The largest absolute Gasteiger partial charge is 0.398 e. The Kier molecular flexibility index (Phi) is 3.42. The van der Waals surface area contributed by atoms with Gasteiger partial charge in [-0.1, -0.05) is 48.5 Å². The second kappa shape index (κ2) is 5.24. The maximum atomic E-state index is 12.8. The molecule has 0 heterocycles. The molecule has 3 nitrogen and oxygen atoms in total. The highest BCUT2D eigenvalue weighted by molar-refractivity contribution is 5.91. The molecule has 0 aliphatic heterocycles. The number of para-hydroxylation sites is 1. The van der Waals surface area contributed by atoms with Crippen molar-refractivity contribution in [2.24, 2.45) is 0 Å². The highest BCUT2D eigenvalue weighted by atomic mass is 16.2. The highest BCUT2D eigenvalue weighted by Crippen LogP contribution is 2.49. The molecule has 0 spiro atoms. The van der Waals surface area contributed by atoms with E-state index in [0.717, 1.165) is 29.7 Å². The maximum Gasteiger partial charge on any atom is 0.233 e. The average molecular weight is 280 g/mol. The third kappa shape index (κ3) is 2.51. The second-order valence-corrected chi connectivity index (χ2v) is 5.81. The van der Waals surface area contributed by atoms with Gasteiger partial charge in [0.2, 0.25) is 5.91 Å². The molecule has 21 heavy (non-hydrogen) atoms. The van der Waals surface area contributed by atoms with E-state index in [9.17, 15) is 4.79 Å². The van der Waals surface area contributed by atoms with E-state index in [2.05, 4.69) is 12.1 Å². The van der Waals surface area contributed by atoms with Crippen LogP contribution in [0.15, 0.2) is 54.6 Å². The van der Waals surface area contributed by atoms with Crippen molar-refractivity contribution in [1.29, 1.82) is 0 Å². The van der Waals surface area contributed by atoms with Gasteiger partial charge in [0.05, 0.1) is 5.41 Å². The molecule has 1 amide bonds. The highest BCUT2D eigenvalue weighted by Gasteiger charge is 2.52. The van der Waals surface area contributed by atoms with Crippen LogP contribution < -0.4 is 5.73 Å². The molecule has 0 saturated heterocycles. The smallest absolute Gasteiger partial charge is 0.233 e. The molecule has 0 radical (unpaired) electrons. The molecular weight excluding hydrogens is 260 g/mol. The quantitative estimate of drug-likeness (QED) is 0.875. The number of rotatable bonds is 4. The van der Waals surface area contributed by atoms with E-state index >= 15 is 0 Å². The number of nitrogens with zero attached hydrogens (tertiary/aromatic N) is 1. The standard InChI is InChI=1S/C18H20N2O/c1-20(13-14-7-5-6-10-16(14)19)17(21)18(11-12-18)15-8-3-2-4-9-15/h2-10H,11-13,19H2,1H3. The summed E-state index contributed by atoms with van der Waals surface area (Å²) in [7, 11) is 1.86. The lowest BCUT2D eigenvalue weighted by Crippen LogP contribution is -2.36. The van der Waals surface area contributed by atoms with Crippen molar-refractivity contribution in [3.05, 3.63) is 65.7 Å². The third-order valence-corrected chi connectivity index (χ3v) is 4.30. The number of hydrogen-bond acceptors (Lipinski definition) is 2. The van der Waals surface area contributed by atoms with E-state index in [1.807, 2.05) is 49.5 Å². The van der Waals surface area contributed by atoms with Gasteiger partial charge >= 0.3 is 0 Å². The Labute approximate surface area is 125 Å². The monoisotopic (exact) mass is 280 g/mol. The number of hydrogen-bond donors (Lipinski definition) is 1. The van der Waals surface area contributed by atoms with E-state index < -0.39 is 0 Å². The summed E-state index contributed by atoms with van der Waals surface area (Å²) in [4.78, 5) is 14.6. The minimum atomic E-state index is -0.306. The van der Waals surface area contributed by atoms with Crippen molar-refractivity contribution in [2.75, 3.05) is 12.8 Å². The van der Waals surface area contributed by atoms with E-state index in [0.29, 0.717) is 6.54 Å². The SMILES string of the molecule is CN(Cc1ccccc1N)C(=O)C1(c2ccccc2)CC1. The first-order chi connectivity index (χ1) is 10.1. The average Bonchev–Trinajstić information content (AvgIpc) is 3.31. The van der Waals surface area contributed by atoms with Crippen molar-refractivity contribution < 1.29 is 4.79 Å². The van der Waals surface area contributed by atoms with Crippen molar-refractivity contribution in [1.82, 2.24) is 4.90 Å². The van der Waals surface area contributed by atoms with Crippen molar-refractivity contribution in [2.45, 2.75) is 24.8 Å². The fourth-order valence-corrected chi connectivity index (χ4v) is 2.88. The van der Waals surface area contributed by atoms with Crippen LogP contribution >= 0.6 is 0 Å². The molecule has 3 heteroatoms. The number of carbonyl (C=O) groups is 1. The molecule has 1 aliphatic rings. The Morgan fingerprint density at radius 2 is 1.71 bits per heavy atom. The fraction of sp³-hybridized carbons (Fsp3) is 0.278. The zero-order chi connectivity index (χ0) is 14.9. The van der Waals surface area contributed by atoms with Gasteiger partial charge in [-0.25, -0.2) is 0 Å². The summed E-state index contributed by atoms with van der Waals surface area (Å²) in [5.41, 5.74) is 8.52. The minimum absolute atomic E-state index is 0.192. The van der Waals surface area contributed by atoms with Crippen LogP contribution in [0.3, 0.4) is 0 Å². The molecule has 0 unspecified atom stereocenters. The fourth-order valence-electron chi connectivity index (χ4n) is 2.88. The van der Waals surface area contributed by atoms with Crippen molar-refractivity contribution in [3.8, 4) is 0 Å². The minimum Gasteiger partial charge on any atom is -0.398 e. The Morgan fingerprint density at radius 1 is 1.10 bits per heavy atom. The summed E-state index contributed by atoms with van der Waals surface area (Å²) in [5.74, 6) is 0.192. The van der Waals surface area contributed by atoms with Crippen molar-refractivity contribution >= 4 is 11.6 Å². The topological polar surface area (TPSA) is 46.3 Å². The number of carbonyl (C=O) groups excluding carboxylic acids is 1. The lowest BCUT2D eigenvalue weighted by atomic mass is 9.94. The first-order valence-corrected chi connectivity index (χ1v) is 7.28. The molecule has 2 N–H and O–H groups in total. The number of amides is 1. The van der Waals surface area contributed by atoms with Gasteiger partial charge < -0.3 is 10.6 Å². The van der Waals surface area contributed by atoms with Gasteiger partial charge in [-0.05, 0) is 30.0 Å². The summed E-state index contributed by atoms with van der Waals surface area (Å²) in [5, 5.41) is 0. The summed E-state index contributed by atoms with van der Waals surface area (Å²) in [6.45, 7) is 0.556. The summed E-state index contributed by atoms with van der Waals surface area (Å²) < 4.78 is 0. The van der Waals surface area contributed by atoms with Crippen LogP contribution in [0.1, 0.15) is 24.0 Å². The van der Waals surface area contributed by atoms with Crippen molar-refractivity contribution in [3.63, 3.8) is 0 Å². The molecule has 0 bridgehead atoms. The number of benzene rings is 2. The van der Waals surface area contributed by atoms with Crippen LogP contribution in [0.2, 0.25) is 0 Å². The number of anilines is 1. The van der Waals surface area contributed by atoms with Crippen LogP contribution in [0, 0.1) is 0 Å². The molecule has 3 rings (SSSR count). The van der Waals surface area contributed by atoms with E-state index in [-0.39, 0.29) is 11.3 Å². The van der Waals surface area contributed by atoms with Crippen LogP contribution in [0.25, 0.3) is 0 Å². The normalized spacial score (nSPS) is 15.5. The lowest BCUT2D eigenvalue weighted by Gasteiger charge is -2.24. The van der Waals surface area contributed by atoms with Crippen LogP contribution in [-0.2, 0) is 16.8 Å². The zero-order valence-electron chi connectivity index (χ0n) is 12.3. The van der Waals surface area contributed by atoms with E-state index in [4.69, 9.17) is 5.73 Å². The Hall–Kier alpha value is -2.29. The number of nitrogen functional groups attached to an aromatic ring is 1. The molecule has 1 saturated carbocycles. The van der Waals surface area contributed by atoms with Gasteiger partial charge in [-0.2, -0.15) is 0 Å². The van der Waals surface area contributed by atoms with Gasteiger partial charge in [0.15, 0.2) is 0 Å². The van der Waals surface area contributed by atoms with E-state index in [1.54, 1.807) is 4.90 Å². The zero-order valence-corrected chi connectivity index (χ0v) is 12.3. The summed E-state index contributed by atoms with van der Waals surface area (Å²) in [6.07, 6.45) is 1.87. The molecular formula is C18H20N2O. The second-order valence-electron chi connectivity index (χ2n) is 5.81. The Morgan fingerprint density at radius 3 is 2.33 bits per heavy atom. The first-order valence-electron chi connectivity index (χ1n) is 7.28. The maximum absolute atomic E-state index is 12.8. The predicted octanol–water partition coefficient (Wildman–Crippen LogP) is 2.96.